The van der Waals surface area contributed by atoms with Gasteiger partial charge in [-0.1, -0.05) is 41.9 Å². The molecule has 142 valence electrons. The van der Waals surface area contributed by atoms with Crippen molar-refractivity contribution in [3.63, 3.8) is 0 Å². The quantitative estimate of drug-likeness (QED) is 0.605. The van der Waals surface area contributed by atoms with Crippen molar-refractivity contribution in [1.82, 2.24) is 10.6 Å². The summed E-state index contributed by atoms with van der Waals surface area (Å²) in [6.07, 6.45) is -0.0350. The van der Waals surface area contributed by atoms with Gasteiger partial charge in [0.25, 0.3) is 5.91 Å². The highest BCUT2D eigenvalue weighted by Gasteiger charge is 2.08. The maximum atomic E-state index is 11.7. The Morgan fingerprint density at radius 3 is 2.33 bits per heavy atom. The average Bonchev–Trinajstić information content (AvgIpc) is 2.66. The molecule has 0 bridgehead atoms. The number of hydrogen-bond acceptors (Lipinski definition) is 4. The Bertz CT molecular complexity index is 766. The minimum atomic E-state index is -0.573. The molecule has 0 atom stereocenters. The molecule has 0 radical (unpaired) electrons. The Morgan fingerprint density at radius 1 is 0.926 bits per heavy atom. The first-order valence-electron chi connectivity index (χ1n) is 8.29. The van der Waals surface area contributed by atoms with Crippen LogP contribution < -0.4 is 16.0 Å². The number of amides is 3. The average molecular weight is 390 g/mol. The standard InChI is InChI=1S/C19H20ClN3O4/c20-15-8-6-14(7-9-15)12-22-17(24)13-27-18(25)10-11-21-19(26)23-16-4-2-1-3-5-16/h1-9H,10-13H2,(H,22,24)(H2,21,23,26). The Hall–Kier alpha value is -3.06. The van der Waals surface area contributed by atoms with Crippen LogP contribution in [0.25, 0.3) is 0 Å². The van der Waals surface area contributed by atoms with Crippen molar-refractivity contribution >= 4 is 35.2 Å². The molecule has 0 aliphatic rings. The molecule has 0 saturated carbocycles. The predicted octanol–water partition coefficient (Wildman–Crippen LogP) is 2.71. The molecule has 0 fully saturated rings. The van der Waals surface area contributed by atoms with Gasteiger partial charge in [-0.25, -0.2) is 4.79 Å². The van der Waals surface area contributed by atoms with Crippen LogP contribution >= 0.6 is 11.6 Å². The Morgan fingerprint density at radius 2 is 1.63 bits per heavy atom. The fourth-order valence-electron chi connectivity index (χ4n) is 2.05. The molecule has 0 aliphatic heterocycles. The van der Waals surface area contributed by atoms with Gasteiger partial charge in [0, 0.05) is 23.8 Å². The highest BCUT2D eigenvalue weighted by atomic mass is 35.5. The molecule has 3 N–H and O–H groups in total. The third-order valence-electron chi connectivity index (χ3n) is 3.41. The van der Waals surface area contributed by atoms with Crippen LogP contribution in [0.15, 0.2) is 54.6 Å². The smallest absolute Gasteiger partial charge is 0.319 e. The van der Waals surface area contributed by atoms with Crippen LogP contribution in [0, 0.1) is 0 Å². The van der Waals surface area contributed by atoms with Crippen molar-refractivity contribution in [2.24, 2.45) is 0 Å². The summed E-state index contributed by atoms with van der Waals surface area (Å²) in [6, 6.07) is 15.5. The maximum Gasteiger partial charge on any atom is 0.319 e. The number of ether oxygens (including phenoxy) is 1. The van der Waals surface area contributed by atoms with Gasteiger partial charge in [-0.2, -0.15) is 0 Å². The van der Waals surface area contributed by atoms with E-state index < -0.39 is 17.9 Å². The Balaban J connectivity index is 1.56. The lowest BCUT2D eigenvalue weighted by atomic mass is 10.2. The number of benzene rings is 2. The summed E-state index contributed by atoms with van der Waals surface area (Å²) in [6.45, 7) is 0.0430. The van der Waals surface area contributed by atoms with Crippen molar-refractivity contribution in [1.29, 1.82) is 0 Å². The van der Waals surface area contributed by atoms with Crippen LogP contribution in [0.4, 0.5) is 10.5 Å². The number of carbonyl (C=O) groups excluding carboxylic acids is 3. The zero-order valence-electron chi connectivity index (χ0n) is 14.5. The molecule has 0 unspecified atom stereocenters. The zero-order chi connectivity index (χ0) is 19.5. The fourth-order valence-corrected chi connectivity index (χ4v) is 2.17. The topological polar surface area (TPSA) is 96.5 Å². The number of carbonyl (C=O) groups is 3. The number of para-hydroxylation sites is 1. The molecule has 0 aliphatic carbocycles. The molecule has 2 aromatic carbocycles. The van der Waals surface area contributed by atoms with Gasteiger partial charge in [-0.15, -0.1) is 0 Å². The Labute approximate surface area is 162 Å². The second kappa shape index (κ2) is 10.8. The highest BCUT2D eigenvalue weighted by Crippen LogP contribution is 2.09. The summed E-state index contributed by atoms with van der Waals surface area (Å²) in [5, 5.41) is 8.42. The third-order valence-corrected chi connectivity index (χ3v) is 3.67. The minimum absolute atomic E-state index is 0.0350. The van der Waals surface area contributed by atoms with E-state index in [0.717, 1.165) is 5.56 Å². The van der Waals surface area contributed by atoms with Crippen molar-refractivity contribution in [2.45, 2.75) is 13.0 Å². The first-order valence-corrected chi connectivity index (χ1v) is 8.67. The van der Waals surface area contributed by atoms with Gasteiger partial charge in [0.05, 0.1) is 6.42 Å². The molecule has 2 rings (SSSR count). The monoisotopic (exact) mass is 389 g/mol. The van der Waals surface area contributed by atoms with Crippen molar-refractivity contribution < 1.29 is 19.1 Å². The second-order valence-corrected chi connectivity index (χ2v) is 6.00. The molecule has 2 aromatic rings. The first kappa shape index (κ1) is 20.3. The molecule has 7 nitrogen and oxygen atoms in total. The van der Waals surface area contributed by atoms with Crippen LogP contribution in [-0.2, 0) is 20.9 Å². The van der Waals surface area contributed by atoms with Crippen LogP contribution in [0.3, 0.4) is 0 Å². The fraction of sp³-hybridized carbons (Fsp3) is 0.211. The third kappa shape index (κ3) is 8.24. The molecule has 8 heteroatoms. The van der Waals surface area contributed by atoms with E-state index in [2.05, 4.69) is 16.0 Å². The van der Waals surface area contributed by atoms with Crippen molar-refractivity contribution in [3.8, 4) is 0 Å². The lowest BCUT2D eigenvalue weighted by Crippen LogP contribution is -2.32. The van der Waals surface area contributed by atoms with E-state index in [1.807, 2.05) is 6.07 Å². The molecule has 0 heterocycles. The van der Waals surface area contributed by atoms with E-state index in [-0.39, 0.29) is 19.6 Å². The van der Waals surface area contributed by atoms with Crippen LogP contribution in [0.5, 0.6) is 0 Å². The second-order valence-electron chi connectivity index (χ2n) is 5.56. The van der Waals surface area contributed by atoms with Gasteiger partial charge in [-0.3, -0.25) is 9.59 Å². The molecule has 27 heavy (non-hydrogen) atoms. The van der Waals surface area contributed by atoms with Crippen LogP contribution in [-0.4, -0.2) is 31.1 Å². The molecular weight excluding hydrogens is 370 g/mol. The van der Waals surface area contributed by atoms with Gasteiger partial charge < -0.3 is 20.7 Å². The van der Waals surface area contributed by atoms with Crippen LogP contribution in [0.1, 0.15) is 12.0 Å². The zero-order valence-corrected chi connectivity index (χ0v) is 15.3. The Kier molecular flexibility index (Phi) is 8.12. The van der Waals surface area contributed by atoms with E-state index in [0.29, 0.717) is 17.3 Å². The van der Waals surface area contributed by atoms with Gasteiger partial charge in [0.2, 0.25) is 0 Å². The highest BCUT2D eigenvalue weighted by molar-refractivity contribution is 6.30. The molecule has 0 spiro atoms. The van der Waals surface area contributed by atoms with Crippen LogP contribution in [0.2, 0.25) is 5.02 Å². The van der Waals surface area contributed by atoms with Crippen molar-refractivity contribution in [2.75, 3.05) is 18.5 Å². The van der Waals surface area contributed by atoms with E-state index >= 15 is 0 Å². The SMILES string of the molecule is O=C(COC(=O)CCNC(=O)Nc1ccccc1)NCc1ccc(Cl)cc1. The number of anilines is 1. The van der Waals surface area contributed by atoms with Crippen molar-refractivity contribution in [3.05, 3.63) is 65.2 Å². The summed E-state index contributed by atoms with van der Waals surface area (Å²) in [5.74, 6) is -0.982. The van der Waals surface area contributed by atoms with E-state index in [9.17, 15) is 14.4 Å². The van der Waals surface area contributed by atoms with Gasteiger partial charge >= 0.3 is 12.0 Å². The van der Waals surface area contributed by atoms with Gasteiger partial charge in [-0.05, 0) is 29.8 Å². The summed E-state index contributed by atoms with van der Waals surface area (Å²) in [5.41, 5.74) is 1.53. The first-order chi connectivity index (χ1) is 13.0. The molecular formula is C19H20ClN3O4. The number of rotatable bonds is 8. The number of urea groups is 1. The lowest BCUT2D eigenvalue weighted by Gasteiger charge is -2.08. The summed E-state index contributed by atoms with van der Waals surface area (Å²) < 4.78 is 4.87. The number of esters is 1. The number of nitrogens with one attached hydrogen (secondary N) is 3. The molecule has 0 saturated heterocycles. The van der Waals surface area contributed by atoms with E-state index in [4.69, 9.17) is 16.3 Å². The number of halogens is 1. The summed E-state index contributed by atoms with van der Waals surface area (Å²) in [4.78, 5) is 34.9. The lowest BCUT2D eigenvalue weighted by molar-refractivity contribution is -0.148. The van der Waals surface area contributed by atoms with Gasteiger partial charge in [0.15, 0.2) is 6.61 Å². The number of hydrogen-bond donors (Lipinski definition) is 3. The molecule has 0 aromatic heterocycles. The predicted molar refractivity (Wildman–Crippen MR) is 102 cm³/mol. The summed E-state index contributed by atoms with van der Waals surface area (Å²) in [7, 11) is 0. The maximum absolute atomic E-state index is 11.7. The summed E-state index contributed by atoms with van der Waals surface area (Å²) >= 11 is 5.79. The molecule has 3 amide bonds. The van der Waals surface area contributed by atoms with E-state index in [1.165, 1.54) is 0 Å². The minimum Gasteiger partial charge on any atom is -0.456 e. The normalized spacial score (nSPS) is 9.96. The van der Waals surface area contributed by atoms with Gasteiger partial charge in [0.1, 0.15) is 0 Å². The largest absolute Gasteiger partial charge is 0.456 e. The van der Waals surface area contributed by atoms with E-state index in [1.54, 1.807) is 48.5 Å².